The number of benzene rings is 4. The highest BCUT2D eigenvalue weighted by Gasteiger charge is 2.48. The second-order valence-corrected chi connectivity index (χ2v) is 23.4. The first-order valence-corrected chi connectivity index (χ1v) is 27.4. The molecule has 19 heteroatoms. The number of halogens is 4. The third-order valence-electron chi connectivity index (χ3n) is 16.7. The van der Waals surface area contributed by atoms with Crippen molar-refractivity contribution >= 4 is 78.1 Å². The summed E-state index contributed by atoms with van der Waals surface area (Å²) in [4.78, 5) is 81.3. The number of morpholine rings is 1. The minimum atomic E-state index is -1.17. The molecule has 8 atom stereocenters. The van der Waals surface area contributed by atoms with Crippen molar-refractivity contribution in [2.45, 2.75) is 135 Å². The highest BCUT2D eigenvalue weighted by molar-refractivity contribution is 6.07. The number of likely N-dealkylation sites (N-methyl/N-ethyl adjacent to an activating group) is 1. The monoisotopic (exact) mass is 1150 g/mol. The molecule has 5 N–H and O–H groups in total. The fourth-order valence-electron chi connectivity index (χ4n) is 11.9. The van der Waals surface area contributed by atoms with Crippen LogP contribution in [0.1, 0.15) is 106 Å². The Bertz CT molecular complexity index is 2820. The SMILES string of the molecule is CN[C@@H](C)C(=O)N[C@H](C(=O)N1Cc2cc(NC(=O)C3(C)CN(C(=O)CN4C[C@@H](C)NC[C@@H]4CN4CCOC[C@H]4C)c4cc(Cc5ccc(F)cc5)ccc43)ccc2C[C@H]1C(=O)N[C@@H]1CCCc2ccccc21)C(C)(C)C.Cl.Cl.Cl. The number of anilines is 2. The fraction of sp³-hybridized carbons (Fsp3) is 0.517. The molecule has 9 rings (SSSR count). The molecule has 5 aliphatic rings. The van der Waals surface area contributed by atoms with Gasteiger partial charge in [0.15, 0.2) is 0 Å². The first-order chi connectivity index (χ1) is 36.3. The topological polar surface area (TPSA) is 168 Å². The van der Waals surface area contributed by atoms with Gasteiger partial charge in [0.05, 0.1) is 37.3 Å². The number of nitrogens with one attached hydrogen (secondary N) is 5. The third kappa shape index (κ3) is 14.1. The lowest BCUT2D eigenvalue weighted by Gasteiger charge is -2.43. The van der Waals surface area contributed by atoms with Crippen molar-refractivity contribution in [2.24, 2.45) is 5.41 Å². The number of ether oxygens (including phenoxy) is 1. The molecule has 4 heterocycles. The van der Waals surface area contributed by atoms with Crippen molar-refractivity contribution in [1.29, 1.82) is 0 Å². The molecule has 79 heavy (non-hydrogen) atoms. The van der Waals surface area contributed by atoms with Gasteiger partial charge < -0.3 is 41.1 Å². The van der Waals surface area contributed by atoms with Crippen LogP contribution in [0.25, 0.3) is 0 Å². The van der Waals surface area contributed by atoms with Crippen LogP contribution < -0.4 is 31.5 Å². The molecule has 4 aromatic rings. The number of fused-ring (bicyclic) bond motifs is 3. The van der Waals surface area contributed by atoms with Crippen LogP contribution in [0.2, 0.25) is 0 Å². The van der Waals surface area contributed by atoms with E-state index in [9.17, 15) is 18.8 Å². The summed E-state index contributed by atoms with van der Waals surface area (Å²) in [6, 6.07) is 24.1. The Morgan fingerprint density at radius 3 is 2.35 bits per heavy atom. The number of aryl methyl sites for hydroxylation is 1. The van der Waals surface area contributed by atoms with Crippen molar-refractivity contribution in [2.75, 3.05) is 69.7 Å². The molecule has 5 amide bonds. The number of carbonyl (C=O) groups excluding carboxylic acids is 5. The summed E-state index contributed by atoms with van der Waals surface area (Å²) in [7, 11) is 1.69. The summed E-state index contributed by atoms with van der Waals surface area (Å²) in [6.45, 7) is 18.4. The molecule has 2 fully saturated rings. The van der Waals surface area contributed by atoms with Crippen molar-refractivity contribution in [3.63, 3.8) is 0 Å². The maximum atomic E-state index is 15.1. The molecule has 1 unspecified atom stereocenters. The number of carbonyl (C=O) groups is 5. The normalized spacial score (nSPS) is 23.7. The van der Waals surface area contributed by atoms with Crippen molar-refractivity contribution in [1.82, 2.24) is 36.0 Å². The Morgan fingerprint density at radius 2 is 1.63 bits per heavy atom. The highest BCUT2D eigenvalue weighted by atomic mass is 35.5. The summed E-state index contributed by atoms with van der Waals surface area (Å²) in [5.41, 5.74) is 5.82. The van der Waals surface area contributed by atoms with E-state index in [4.69, 9.17) is 4.74 Å². The highest BCUT2D eigenvalue weighted by Crippen LogP contribution is 2.43. The van der Waals surface area contributed by atoms with E-state index in [0.717, 1.165) is 72.3 Å². The maximum Gasteiger partial charge on any atom is 0.246 e. The number of amides is 5. The number of nitrogens with zero attached hydrogens (tertiary/aromatic N) is 4. The molecule has 0 radical (unpaired) electrons. The predicted molar refractivity (Wildman–Crippen MR) is 315 cm³/mol. The maximum absolute atomic E-state index is 15.1. The van der Waals surface area contributed by atoms with E-state index < -0.39 is 29.0 Å². The van der Waals surface area contributed by atoms with Crippen LogP contribution in [0.4, 0.5) is 15.8 Å². The zero-order chi connectivity index (χ0) is 54.1. The van der Waals surface area contributed by atoms with Crippen LogP contribution in [-0.4, -0.2) is 140 Å². The molecule has 0 spiro atoms. The van der Waals surface area contributed by atoms with E-state index in [0.29, 0.717) is 37.6 Å². The fourth-order valence-corrected chi connectivity index (χ4v) is 11.9. The molecule has 0 bridgehead atoms. The van der Waals surface area contributed by atoms with Gasteiger partial charge >= 0.3 is 0 Å². The van der Waals surface area contributed by atoms with Crippen molar-refractivity contribution < 1.29 is 33.1 Å². The van der Waals surface area contributed by atoms with Gasteiger partial charge in [-0.25, -0.2) is 4.39 Å². The Balaban J connectivity index is 0.00000336. The number of hydrogen-bond donors (Lipinski definition) is 5. The Kier molecular flexibility index (Phi) is 21.2. The first kappa shape index (κ1) is 63.0. The zero-order valence-corrected chi connectivity index (χ0v) is 49.3. The van der Waals surface area contributed by atoms with Gasteiger partial charge in [0.25, 0.3) is 0 Å². The first-order valence-electron chi connectivity index (χ1n) is 27.4. The van der Waals surface area contributed by atoms with Crippen LogP contribution in [0.15, 0.2) is 84.9 Å². The van der Waals surface area contributed by atoms with Crippen LogP contribution >= 0.6 is 37.2 Å². The summed E-state index contributed by atoms with van der Waals surface area (Å²) in [6.07, 6.45) is 3.39. The van der Waals surface area contributed by atoms with E-state index in [1.165, 1.54) is 17.7 Å². The molecule has 1 aliphatic carbocycles. The molecule has 430 valence electrons. The summed E-state index contributed by atoms with van der Waals surface area (Å²) < 4.78 is 19.7. The van der Waals surface area contributed by atoms with Crippen LogP contribution in [0, 0.1) is 11.2 Å². The van der Waals surface area contributed by atoms with Gasteiger partial charge in [-0.15, -0.1) is 37.2 Å². The van der Waals surface area contributed by atoms with E-state index in [2.05, 4.69) is 62.4 Å². The molecule has 4 aromatic carbocycles. The number of piperazine rings is 1. The van der Waals surface area contributed by atoms with Crippen molar-refractivity contribution in [3.05, 3.63) is 130 Å². The second kappa shape index (κ2) is 26.6. The molecule has 0 saturated carbocycles. The number of hydrogen-bond acceptors (Lipinski definition) is 10. The van der Waals surface area contributed by atoms with Gasteiger partial charge in [-0.05, 0) is 135 Å². The largest absolute Gasteiger partial charge is 0.379 e. The predicted octanol–water partition coefficient (Wildman–Crippen LogP) is 6.89. The van der Waals surface area contributed by atoms with Crippen molar-refractivity contribution in [3.8, 4) is 0 Å². The van der Waals surface area contributed by atoms with E-state index in [1.54, 1.807) is 35.9 Å². The minimum Gasteiger partial charge on any atom is -0.379 e. The van der Waals surface area contributed by atoms with Gasteiger partial charge in [-0.3, -0.25) is 33.8 Å². The lowest BCUT2D eigenvalue weighted by Crippen LogP contribution is -2.62. The molecular weight excluding hydrogens is 1070 g/mol. The summed E-state index contributed by atoms with van der Waals surface area (Å²) in [5.74, 6) is -1.67. The van der Waals surface area contributed by atoms with Gasteiger partial charge in [0.2, 0.25) is 29.5 Å². The summed E-state index contributed by atoms with van der Waals surface area (Å²) in [5, 5.41) is 16.1. The smallest absolute Gasteiger partial charge is 0.246 e. The summed E-state index contributed by atoms with van der Waals surface area (Å²) >= 11 is 0. The molecule has 4 aliphatic heterocycles. The van der Waals surface area contributed by atoms with E-state index in [1.807, 2.05) is 76.2 Å². The average molecular weight is 1150 g/mol. The Hall–Kier alpha value is -5.17. The average Bonchev–Trinajstić information content (AvgIpc) is 3.95. The quantitative estimate of drug-likeness (QED) is 0.0898. The lowest BCUT2D eigenvalue weighted by atomic mass is 9.82. The lowest BCUT2D eigenvalue weighted by molar-refractivity contribution is -0.147. The van der Waals surface area contributed by atoms with E-state index >= 15 is 9.59 Å². The minimum absolute atomic E-state index is 0. The Labute approximate surface area is 484 Å². The van der Waals surface area contributed by atoms with Gasteiger partial charge in [0.1, 0.15) is 17.9 Å². The van der Waals surface area contributed by atoms with Crippen LogP contribution in [-0.2, 0) is 59.9 Å². The van der Waals surface area contributed by atoms with E-state index in [-0.39, 0.29) is 123 Å². The van der Waals surface area contributed by atoms with Crippen LogP contribution in [0.5, 0.6) is 0 Å². The third-order valence-corrected chi connectivity index (χ3v) is 16.7. The molecular formula is C60H81Cl3FN9O6. The molecule has 0 aromatic heterocycles. The van der Waals surface area contributed by atoms with Gasteiger partial charge in [-0.1, -0.05) is 75.4 Å². The molecule has 2 saturated heterocycles. The van der Waals surface area contributed by atoms with Gasteiger partial charge in [0, 0.05) is 75.2 Å². The second-order valence-electron chi connectivity index (χ2n) is 23.4. The van der Waals surface area contributed by atoms with Gasteiger partial charge in [-0.2, -0.15) is 0 Å². The Morgan fingerprint density at radius 1 is 0.899 bits per heavy atom. The van der Waals surface area contributed by atoms with Crippen LogP contribution in [0.3, 0.4) is 0 Å². The standard InChI is InChI=1S/C60H78FN9O6.3ClH/c1-37-31-68(47(30-63-37)33-67-24-25-76-35-38(67)2)34-53(71)70-36-60(7,49-23-18-41(27-51(49)70)26-40-16-20-45(61)21-17-40)58(75)64-46-22-19-43-29-52(56(73)65-50-15-11-13-42-12-9-10-14-48(42)50)69(32-44(43)28-46)57(74)54(59(4,5)6)66-55(72)39(3)62-8;;;/h9-10,12,14,16-23,27-28,37-39,47,50,52,54,62-63H,11,13,15,24-26,29-36H2,1-8H3,(H,64,75)(H,65,73)(H,66,72);3*1H/t37-,38-,39+,47-,50-,52+,54-,60?;;;/m1.../s1. The number of rotatable bonds is 14. The molecule has 15 nitrogen and oxygen atoms in total. The zero-order valence-electron chi connectivity index (χ0n) is 46.9.